The van der Waals surface area contributed by atoms with Gasteiger partial charge in [-0.25, -0.2) is 0 Å². The average molecular weight is 487 g/mol. The predicted octanol–water partition coefficient (Wildman–Crippen LogP) is 5.28. The van der Waals surface area contributed by atoms with Gasteiger partial charge in [0.1, 0.15) is 5.76 Å². The number of ether oxygens (including phenoxy) is 2. The van der Waals surface area contributed by atoms with Crippen LogP contribution in [0.1, 0.15) is 49.4 Å². The second kappa shape index (κ2) is 11.5. The molecule has 186 valence electrons. The van der Waals surface area contributed by atoms with Crippen LogP contribution in [-0.4, -0.2) is 39.9 Å². The summed E-state index contributed by atoms with van der Waals surface area (Å²) < 4.78 is 11.8. The highest BCUT2D eigenvalue weighted by atomic mass is 16.5. The molecule has 1 aromatic heterocycles. The molecular formula is C29H30N2O5. The Morgan fingerprint density at radius 3 is 2.42 bits per heavy atom. The van der Waals surface area contributed by atoms with Crippen molar-refractivity contribution in [2.75, 3.05) is 13.2 Å². The molecule has 0 bridgehead atoms. The maximum absolute atomic E-state index is 13.3. The molecule has 1 unspecified atom stereocenters. The lowest BCUT2D eigenvalue weighted by Crippen LogP contribution is -2.29. The third kappa shape index (κ3) is 5.25. The first-order chi connectivity index (χ1) is 17.5. The van der Waals surface area contributed by atoms with E-state index in [-0.39, 0.29) is 17.9 Å². The van der Waals surface area contributed by atoms with E-state index in [2.05, 4.69) is 11.9 Å². The van der Waals surface area contributed by atoms with Crippen LogP contribution in [0.4, 0.5) is 0 Å². The van der Waals surface area contributed by atoms with Gasteiger partial charge in [-0.15, -0.1) is 0 Å². The van der Waals surface area contributed by atoms with Crippen molar-refractivity contribution in [2.24, 2.45) is 0 Å². The number of likely N-dealkylation sites (tertiary alicyclic amines) is 1. The summed E-state index contributed by atoms with van der Waals surface area (Å²) in [4.78, 5) is 32.0. The molecule has 1 atom stereocenters. The van der Waals surface area contributed by atoms with Crippen molar-refractivity contribution in [3.8, 4) is 11.5 Å². The second-order valence-electron chi connectivity index (χ2n) is 8.49. The van der Waals surface area contributed by atoms with E-state index in [0.717, 1.165) is 18.4 Å². The summed E-state index contributed by atoms with van der Waals surface area (Å²) in [6.45, 7) is 5.17. The van der Waals surface area contributed by atoms with Gasteiger partial charge >= 0.3 is 0 Å². The Labute approximate surface area is 211 Å². The van der Waals surface area contributed by atoms with E-state index in [0.29, 0.717) is 35.8 Å². The van der Waals surface area contributed by atoms with Gasteiger partial charge in [0.2, 0.25) is 0 Å². The van der Waals surface area contributed by atoms with Crippen molar-refractivity contribution >= 4 is 17.4 Å². The Morgan fingerprint density at radius 2 is 1.72 bits per heavy atom. The molecule has 1 amide bonds. The van der Waals surface area contributed by atoms with Crippen LogP contribution in [0, 0.1) is 0 Å². The number of amides is 1. The lowest BCUT2D eigenvalue weighted by molar-refractivity contribution is -0.140. The van der Waals surface area contributed by atoms with Crippen LogP contribution < -0.4 is 9.47 Å². The largest absolute Gasteiger partial charge is 0.507 e. The van der Waals surface area contributed by atoms with Gasteiger partial charge in [0, 0.05) is 24.5 Å². The minimum Gasteiger partial charge on any atom is -0.507 e. The van der Waals surface area contributed by atoms with E-state index in [1.54, 1.807) is 24.3 Å². The fraction of sp³-hybridized carbons (Fsp3) is 0.276. The molecular weight excluding hydrogens is 456 g/mol. The van der Waals surface area contributed by atoms with E-state index in [9.17, 15) is 14.7 Å². The summed E-state index contributed by atoms with van der Waals surface area (Å²) in [7, 11) is 0. The molecule has 1 aliphatic heterocycles. The molecule has 7 heteroatoms. The summed E-state index contributed by atoms with van der Waals surface area (Å²) >= 11 is 0. The second-order valence-corrected chi connectivity index (χ2v) is 8.49. The number of unbranched alkanes of at least 4 members (excludes halogenated alkanes) is 1. The molecule has 0 aliphatic carbocycles. The highest BCUT2D eigenvalue weighted by molar-refractivity contribution is 6.46. The van der Waals surface area contributed by atoms with Crippen molar-refractivity contribution in [3.05, 3.63) is 95.3 Å². The van der Waals surface area contributed by atoms with Crippen molar-refractivity contribution < 1.29 is 24.2 Å². The van der Waals surface area contributed by atoms with Crippen LogP contribution in [0.5, 0.6) is 11.5 Å². The van der Waals surface area contributed by atoms with Crippen molar-refractivity contribution in [2.45, 2.75) is 39.3 Å². The normalized spacial score (nSPS) is 16.8. The molecule has 1 fully saturated rings. The smallest absolute Gasteiger partial charge is 0.295 e. The van der Waals surface area contributed by atoms with Crippen molar-refractivity contribution in [1.82, 2.24) is 9.88 Å². The number of Topliss-reactive ketones (excluding diaryl/α,β-unsaturated/α-hetero) is 1. The van der Waals surface area contributed by atoms with Gasteiger partial charge in [-0.05, 0) is 48.7 Å². The van der Waals surface area contributed by atoms with Crippen LogP contribution in [-0.2, 0) is 16.1 Å². The number of pyridine rings is 1. The Morgan fingerprint density at radius 1 is 0.972 bits per heavy atom. The molecule has 1 aliphatic rings. The summed E-state index contributed by atoms with van der Waals surface area (Å²) in [5, 5.41) is 11.2. The van der Waals surface area contributed by atoms with Crippen LogP contribution in [0.25, 0.3) is 5.76 Å². The SMILES string of the molecule is CCCCOc1ccc(C2/C(=C(\O)c3ccncc3)C(=O)C(=O)N2Cc2ccccc2)cc1OCC. The first kappa shape index (κ1) is 25.0. The molecule has 4 rings (SSSR count). The van der Waals surface area contributed by atoms with Crippen molar-refractivity contribution in [3.63, 3.8) is 0 Å². The number of aliphatic hydroxyl groups excluding tert-OH is 1. The number of aliphatic hydroxyl groups is 1. The first-order valence-electron chi connectivity index (χ1n) is 12.2. The van der Waals surface area contributed by atoms with Gasteiger partial charge in [-0.1, -0.05) is 49.7 Å². The number of hydrogen-bond donors (Lipinski definition) is 1. The number of rotatable bonds is 10. The number of ketones is 1. The highest BCUT2D eigenvalue weighted by Gasteiger charge is 2.46. The fourth-order valence-electron chi connectivity index (χ4n) is 4.24. The Hall–Kier alpha value is -4.13. The fourth-order valence-corrected chi connectivity index (χ4v) is 4.24. The topological polar surface area (TPSA) is 89.0 Å². The van der Waals surface area contributed by atoms with Crippen LogP contribution >= 0.6 is 0 Å². The Kier molecular flexibility index (Phi) is 8.00. The van der Waals surface area contributed by atoms with Gasteiger partial charge in [-0.3, -0.25) is 14.6 Å². The molecule has 0 spiro atoms. The quantitative estimate of drug-likeness (QED) is 0.182. The van der Waals surface area contributed by atoms with Gasteiger partial charge in [0.15, 0.2) is 11.5 Å². The summed E-state index contributed by atoms with van der Waals surface area (Å²) in [5.41, 5.74) is 1.96. The highest BCUT2D eigenvalue weighted by Crippen LogP contribution is 2.42. The molecule has 1 saturated heterocycles. The Bertz CT molecular complexity index is 1240. The summed E-state index contributed by atoms with van der Waals surface area (Å²) in [6, 6.07) is 17.3. The number of carbonyl (C=O) groups excluding carboxylic acids is 2. The summed E-state index contributed by atoms with van der Waals surface area (Å²) in [6.07, 6.45) is 4.97. The van der Waals surface area contributed by atoms with E-state index in [1.807, 2.05) is 43.3 Å². The van der Waals surface area contributed by atoms with E-state index in [4.69, 9.17) is 9.47 Å². The van der Waals surface area contributed by atoms with Gasteiger partial charge in [0.25, 0.3) is 11.7 Å². The lowest BCUT2D eigenvalue weighted by atomic mass is 9.95. The molecule has 7 nitrogen and oxygen atoms in total. The number of aromatic nitrogens is 1. The van der Waals surface area contributed by atoms with Crippen LogP contribution in [0.3, 0.4) is 0 Å². The van der Waals surface area contributed by atoms with Crippen molar-refractivity contribution in [1.29, 1.82) is 0 Å². The van der Waals surface area contributed by atoms with E-state index in [1.165, 1.54) is 17.3 Å². The zero-order valence-corrected chi connectivity index (χ0v) is 20.5. The lowest BCUT2D eigenvalue weighted by Gasteiger charge is -2.26. The molecule has 0 saturated carbocycles. The standard InChI is InChI=1S/C29H30N2O5/c1-3-5-17-36-23-12-11-22(18-24(23)35-4-2)26-25(27(32)21-13-15-30-16-14-21)28(33)29(34)31(26)19-20-9-7-6-8-10-20/h6-16,18,26,32H,3-5,17,19H2,1-2H3/b27-25+. The third-order valence-electron chi connectivity index (χ3n) is 6.03. The minimum atomic E-state index is -0.803. The molecule has 1 N–H and O–H groups in total. The summed E-state index contributed by atoms with van der Waals surface area (Å²) in [5.74, 6) is -0.506. The number of hydrogen-bond acceptors (Lipinski definition) is 6. The van der Waals surface area contributed by atoms with Gasteiger partial charge < -0.3 is 19.5 Å². The number of carbonyl (C=O) groups is 2. The van der Waals surface area contributed by atoms with E-state index >= 15 is 0 Å². The molecule has 36 heavy (non-hydrogen) atoms. The third-order valence-corrected chi connectivity index (χ3v) is 6.03. The number of nitrogens with zero attached hydrogens (tertiary/aromatic N) is 2. The van der Waals surface area contributed by atoms with Crippen LogP contribution in [0.15, 0.2) is 78.6 Å². The van der Waals surface area contributed by atoms with E-state index < -0.39 is 17.7 Å². The monoisotopic (exact) mass is 486 g/mol. The number of benzene rings is 2. The maximum Gasteiger partial charge on any atom is 0.295 e. The molecule has 3 aromatic rings. The molecule has 2 heterocycles. The zero-order chi connectivity index (χ0) is 25.5. The van der Waals surface area contributed by atoms with Crippen LogP contribution in [0.2, 0.25) is 0 Å². The minimum absolute atomic E-state index is 0.0317. The van der Waals surface area contributed by atoms with Gasteiger partial charge in [-0.2, -0.15) is 0 Å². The maximum atomic E-state index is 13.3. The van der Waals surface area contributed by atoms with Gasteiger partial charge in [0.05, 0.1) is 24.8 Å². The predicted molar refractivity (Wildman–Crippen MR) is 137 cm³/mol. The zero-order valence-electron chi connectivity index (χ0n) is 20.5. The Balaban J connectivity index is 1.83. The average Bonchev–Trinajstić information content (AvgIpc) is 3.15. The first-order valence-corrected chi connectivity index (χ1v) is 12.2. The molecule has 0 radical (unpaired) electrons. The molecule has 2 aromatic carbocycles.